The molecule has 0 aromatic heterocycles. The molecule has 0 spiro atoms. The van der Waals surface area contributed by atoms with Crippen molar-refractivity contribution in [2.75, 3.05) is 14.1 Å². The molecule has 2 rings (SSSR count). The Balaban J connectivity index is 2.23. The van der Waals surface area contributed by atoms with Crippen molar-refractivity contribution >= 4 is 29.7 Å². The van der Waals surface area contributed by atoms with Gasteiger partial charge in [-0.05, 0) is 30.3 Å². The second kappa shape index (κ2) is 7.07. The van der Waals surface area contributed by atoms with Crippen molar-refractivity contribution < 1.29 is 14.4 Å². The summed E-state index contributed by atoms with van der Waals surface area (Å²) in [7, 11) is 2.95. The third-order valence-corrected chi connectivity index (χ3v) is 3.70. The molecule has 2 aromatic rings. The maximum atomic E-state index is 12.5. The van der Waals surface area contributed by atoms with Gasteiger partial charge >= 0.3 is 0 Å². The highest BCUT2D eigenvalue weighted by Gasteiger charge is 2.22. The van der Waals surface area contributed by atoms with E-state index < -0.39 is 5.91 Å². The van der Waals surface area contributed by atoms with Crippen LogP contribution in [0.4, 0.5) is 0 Å². The third kappa shape index (κ3) is 3.57. The molecule has 0 atom stereocenters. The zero-order chi connectivity index (χ0) is 17.0. The van der Waals surface area contributed by atoms with Crippen LogP contribution in [0.1, 0.15) is 31.1 Å². The number of hydrazine groups is 1. The highest BCUT2D eigenvalue weighted by Crippen LogP contribution is 2.14. The lowest BCUT2D eigenvalue weighted by Crippen LogP contribution is -2.45. The van der Waals surface area contributed by atoms with Crippen molar-refractivity contribution in [3.05, 3.63) is 70.2 Å². The third-order valence-electron chi connectivity index (χ3n) is 3.45. The summed E-state index contributed by atoms with van der Waals surface area (Å²) in [4.78, 5) is 36.0. The fraction of sp³-hybridized carbons (Fsp3) is 0.118. The number of amides is 2. The predicted octanol–water partition coefficient (Wildman–Crippen LogP) is 2.91. The van der Waals surface area contributed by atoms with E-state index in [1.807, 2.05) is 0 Å². The van der Waals surface area contributed by atoms with Gasteiger partial charge in [0.1, 0.15) is 0 Å². The van der Waals surface area contributed by atoms with Crippen LogP contribution in [-0.2, 0) is 0 Å². The Morgan fingerprint density at radius 2 is 1.48 bits per heavy atom. The zero-order valence-corrected chi connectivity index (χ0v) is 13.4. The number of benzene rings is 2. The molecule has 0 aliphatic carbocycles. The van der Waals surface area contributed by atoms with E-state index in [1.165, 1.54) is 24.1 Å². The minimum Gasteiger partial charge on any atom is -0.298 e. The molecule has 0 saturated heterocycles. The van der Waals surface area contributed by atoms with Crippen LogP contribution < -0.4 is 0 Å². The lowest BCUT2D eigenvalue weighted by Gasteiger charge is -2.28. The van der Waals surface area contributed by atoms with Crippen LogP contribution in [0.15, 0.2) is 48.5 Å². The number of aldehydes is 1. The lowest BCUT2D eigenvalue weighted by molar-refractivity contribution is 0.0185. The van der Waals surface area contributed by atoms with E-state index in [9.17, 15) is 14.4 Å². The van der Waals surface area contributed by atoms with Crippen LogP contribution in [0, 0.1) is 0 Å². The van der Waals surface area contributed by atoms with Crippen LogP contribution in [-0.4, -0.2) is 42.2 Å². The summed E-state index contributed by atoms with van der Waals surface area (Å²) in [5.41, 5.74) is 0.915. The van der Waals surface area contributed by atoms with Crippen LogP contribution in [0.2, 0.25) is 5.02 Å². The molecule has 6 heteroatoms. The van der Waals surface area contributed by atoms with Crippen molar-refractivity contribution in [1.29, 1.82) is 0 Å². The van der Waals surface area contributed by atoms with E-state index in [0.717, 1.165) is 0 Å². The molecule has 0 unspecified atom stereocenters. The molecule has 5 nitrogen and oxygen atoms in total. The molecule has 0 radical (unpaired) electrons. The smallest absolute Gasteiger partial charge is 0.272 e. The maximum absolute atomic E-state index is 12.5. The molecule has 0 fully saturated rings. The Kier molecular flexibility index (Phi) is 5.13. The van der Waals surface area contributed by atoms with Crippen LogP contribution in [0.5, 0.6) is 0 Å². The molecule has 0 aliphatic rings. The minimum absolute atomic E-state index is 0.237. The highest BCUT2D eigenvalue weighted by molar-refractivity contribution is 6.30. The molecule has 23 heavy (non-hydrogen) atoms. The molecule has 118 valence electrons. The van der Waals surface area contributed by atoms with Gasteiger partial charge in [0.15, 0.2) is 6.29 Å². The number of carbonyl (C=O) groups excluding carboxylic acids is 3. The van der Waals surface area contributed by atoms with Gasteiger partial charge < -0.3 is 0 Å². The number of hydrogen-bond acceptors (Lipinski definition) is 3. The van der Waals surface area contributed by atoms with Crippen LogP contribution >= 0.6 is 11.6 Å². The second-order valence-corrected chi connectivity index (χ2v) is 5.31. The molecular formula is C17H15ClN2O3. The summed E-state index contributed by atoms with van der Waals surface area (Å²) >= 11 is 5.80. The van der Waals surface area contributed by atoms with E-state index in [0.29, 0.717) is 16.9 Å². The largest absolute Gasteiger partial charge is 0.298 e. The fourth-order valence-electron chi connectivity index (χ4n) is 2.02. The Morgan fingerprint density at radius 1 is 0.913 bits per heavy atom. The quantitative estimate of drug-likeness (QED) is 0.642. The van der Waals surface area contributed by atoms with Crippen molar-refractivity contribution in [3.8, 4) is 0 Å². The van der Waals surface area contributed by atoms with Gasteiger partial charge in [0.25, 0.3) is 11.8 Å². The summed E-state index contributed by atoms with van der Waals surface area (Å²) in [6, 6.07) is 12.8. The molecular weight excluding hydrogens is 316 g/mol. The second-order valence-electron chi connectivity index (χ2n) is 4.87. The predicted molar refractivity (Wildman–Crippen MR) is 87.5 cm³/mol. The van der Waals surface area contributed by atoms with E-state index in [2.05, 4.69) is 0 Å². The standard InChI is InChI=1S/C17H15ClN2O3/c1-19(16(22)12-7-9-14(18)10-8-12)20(2)17(23)15-6-4-3-5-13(15)11-21/h3-11H,1-2H3. The average Bonchev–Trinajstić information content (AvgIpc) is 2.59. The number of nitrogens with zero attached hydrogens (tertiary/aromatic N) is 2. The van der Waals surface area contributed by atoms with Crippen molar-refractivity contribution in [1.82, 2.24) is 10.0 Å². The normalized spacial score (nSPS) is 10.0. The first-order valence-corrected chi connectivity index (χ1v) is 7.19. The summed E-state index contributed by atoms with van der Waals surface area (Å²) in [5, 5.41) is 2.88. The van der Waals surface area contributed by atoms with Crippen LogP contribution in [0.25, 0.3) is 0 Å². The molecule has 2 amide bonds. The van der Waals surface area contributed by atoms with Crippen molar-refractivity contribution in [2.45, 2.75) is 0 Å². The molecule has 0 aliphatic heterocycles. The van der Waals surface area contributed by atoms with Crippen LogP contribution in [0.3, 0.4) is 0 Å². The van der Waals surface area contributed by atoms with Gasteiger partial charge in [0.2, 0.25) is 0 Å². The van der Waals surface area contributed by atoms with Gasteiger partial charge in [-0.1, -0.05) is 29.8 Å². The van der Waals surface area contributed by atoms with E-state index in [-0.39, 0.29) is 17.0 Å². The Labute approximate surface area is 139 Å². The number of carbonyl (C=O) groups is 3. The monoisotopic (exact) mass is 330 g/mol. The van der Waals surface area contributed by atoms with Crippen molar-refractivity contribution in [2.24, 2.45) is 0 Å². The summed E-state index contributed by atoms with van der Waals surface area (Å²) in [6.45, 7) is 0. The zero-order valence-electron chi connectivity index (χ0n) is 12.7. The molecule has 2 aromatic carbocycles. The summed E-state index contributed by atoms with van der Waals surface area (Å²) < 4.78 is 0. The fourth-order valence-corrected chi connectivity index (χ4v) is 2.15. The molecule has 0 heterocycles. The van der Waals surface area contributed by atoms with Gasteiger partial charge in [0, 0.05) is 30.2 Å². The minimum atomic E-state index is -0.447. The Morgan fingerprint density at radius 3 is 2.09 bits per heavy atom. The molecule has 0 saturated carbocycles. The topological polar surface area (TPSA) is 57.7 Å². The SMILES string of the molecule is CN(C(=O)c1ccc(Cl)cc1)N(C)C(=O)c1ccccc1C=O. The number of rotatable bonds is 3. The summed E-state index contributed by atoms with van der Waals surface area (Å²) in [5.74, 6) is -0.807. The molecule has 0 bridgehead atoms. The molecule has 0 N–H and O–H groups in total. The van der Waals surface area contributed by atoms with E-state index >= 15 is 0 Å². The Hall–Kier alpha value is -2.66. The lowest BCUT2D eigenvalue weighted by atomic mass is 10.1. The average molecular weight is 331 g/mol. The van der Waals surface area contributed by atoms with E-state index in [1.54, 1.807) is 48.5 Å². The van der Waals surface area contributed by atoms with Gasteiger partial charge in [-0.2, -0.15) is 0 Å². The van der Waals surface area contributed by atoms with Gasteiger partial charge in [0.05, 0.1) is 5.56 Å². The first-order chi connectivity index (χ1) is 11.0. The number of hydrogen-bond donors (Lipinski definition) is 0. The first-order valence-electron chi connectivity index (χ1n) is 6.81. The summed E-state index contributed by atoms with van der Waals surface area (Å²) in [6.07, 6.45) is 0.613. The number of halogens is 1. The first kappa shape index (κ1) is 16.7. The van der Waals surface area contributed by atoms with Gasteiger partial charge in [-0.25, -0.2) is 0 Å². The van der Waals surface area contributed by atoms with Gasteiger partial charge in [-0.15, -0.1) is 0 Å². The highest BCUT2D eigenvalue weighted by atomic mass is 35.5. The van der Waals surface area contributed by atoms with E-state index in [4.69, 9.17) is 11.6 Å². The van der Waals surface area contributed by atoms with Crippen molar-refractivity contribution in [3.63, 3.8) is 0 Å². The Bertz CT molecular complexity index is 744. The van der Waals surface area contributed by atoms with Gasteiger partial charge in [-0.3, -0.25) is 24.4 Å². The maximum Gasteiger partial charge on any atom is 0.272 e.